The highest BCUT2D eigenvalue weighted by Crippen LogP contribution is 2.15. The highest BCUT2D eigenvalue weighted by molar-refractivity contribution is 7.80. The van der Waals surface area contributed by atoms with Gasteiger partial charge in [-0.2, -0.15) is 0 Å². The van der Waals surface area contributed by atoms with Gasteiger partial charge in [0.1, 0.15) is 4.99 Å². The number of aryl methyl sites for hydroxylation is 2. The van der Waals surface area contributed by atoms with Gasteiger partial charge in [-0.25, -0.2) is 0 Å². The Morgan fingerprint density at radius 3 is 2.60 bits per heavy atom. The maximum atomic E-state index is 12.3. The minimum absolute atomic E-state index is 0.133. The molecule has 0 aliphatic rings. The molecule has 0 aliphatic carbocycles. The van der Waals surface area contributed by atoms with Crippen molar-refractivity contribution in [2.24, 2.45) is 5.73 Å². The lowest BCUT2D eigenvalue weighted by molar-refractivity contribution is 0.102. The van der Waals surface area contributed by atoms with Crippen molar-refractivity contribution in [1.82, 2.24) is 0 Å². The van der Waals surface area contributed by atoms with Crippen molar-refractivity contribution in [2.45, 2.75) is 13.8 Å². The molecule has 0 radical (unpaired) electrons. The second-order valence-corrected chi connectivity index (χ2v) is 5.16. The number of nitrogens with two attached hydrogens (primary N) is 1. The fraction of sp³-hybridized carbons (Fsp3) is 0.125. The summed E-state index contributed by atoms with van der Waals surface area (Å²) in [6.07, 6.45) is 0. The summed E-state index contributed by atoms with van der Waals surface area (Å²) in [7, 11) is 0. The van der Waals surface area contributed by atoms with Gasteiger partial charge in [0.25, 0.3) is 5.91 Å². The number of amides is 1. The average Bonchev–Trinajstić information content (AvgIpc) is 2.41. The van der Waals surface area contributed by atoms with Gasteiger partial charge in [-0.05, 0) is 37.6 Å². The van der Waals surface area contributed by atoms with E-state index in [1.54, 1.807) is 6.07 Å². The second kappa shape index (κ2) is 5.84. The molecule has 0 saturated carbocycles. The average molecular weight is 284 g/mol. The van der Waals surface area contributed by atoms with Crippen LogP contribution in [0.3, 0.4) is 0 Å². The summed E-state index contributed by atoms with van der Waals surface area (Å²) in [5.74, 6) is -0.133. The molecule has 0 heterocycles. The minimum atomic E-state index is -0.133. The lowest BCUT2D eigenvalue weighted by Crippen LogP contribution is -2.15. The van der Waals surface area contributed by atoms with E-state index < -0.39 is 0 Å². The van der Waals surface area contributed by atoms with Crippen LogP contribution in [0.2, 0.25) is 0 Å². The van der Waals surface area contributed by atoms with E-state index in [-0.39, 0.29) is 5.91 Å². The van der Waals surface area contributed by atoms with E-state index in [2.05, 4.69) is 5.32 Å². The Labute approximate surface area is 123 Å². The summed E-state index contributed by atoms with van der Waals surface area (Å²) >= 11 is 4.93. The molecule has 0 bridgehead atoms. The summed E-state index contributed by atoms with van der Waals surface area (Å²) in [5.41, 5.74) is 9.67. The molecule has 0 unspecified atom stereocenters. The Morgan fingerprint density at radius 2 is 1.90 bits per heavy atom. The van der Waals surface area contributed by atoms with Crippen molar-refractivity contribution in [3.63, 3.8) is 0 Å². The van der Waals surface area contributed by atoms with Crippen molar-refractivity contribution in [1.29, 1.82) is 0 Å². The third-order valence-electron chi connectivity index (χ3n) is 3.04. The fourth-order valence-corrected chi connectivity index (χ4v) is 2.06. The van der Waals surface area contributed by atoms with Gasteiger partial charge in [0.2, 0.25) is 0 Å². The van der Waals surface area contributed by atoms with Crippen LogP contribution < -0.4 is 11.1 Å². The lowest BCUT2D eigenvalue weighted by Gasteiger charge is -2.09. The molecule has 1 amide bonds. The molecule has 4 heteroatoms. The van der Waals surface area contributed by atoms with Gasteiger partial charge < -0.3 is 11.1 Å². The van der Waals surface area contributed by atoms with Gasteiger partial charge in [0.05, 0.1) is 0 Å². The van der Waals surface area contributed by atoms with E-state index in [0.717, 1.165) is 16.7 Å². The Balaban J connectivity index is 2.25. The first-order valence-electron chi connectivity index (χ1n) is 6.26. The Hall–Kier alpha value is -2.20. The zero-order chi connectivity index (χ0) is 14.7. The normalized spacial score (nSPS) is 10.1. The molecule has 20 heavy (non-hydrogen) atoms. The third-order valence-corrected chi connectivity index (χ3v) is 3.28. The quantitative estimate of drug-likeness (QED) is 0.851. The number of rotatable bonds is 3. The van der Waals surface area contributed by atoms with Crippen molar-refractivity contribution in [2.75, 3.05) is 5.32 Å². The summed E-state index contributed by atoms with van der Waals surface area (Å²) in [4.78, 5) is 12.6. The number of hydrogen-bond acceptors (Lipinski definition) is 2. The number of hydrogen-bond donors (Lipinski definition) is 2. The lowest BCUT2D eigenvalue weighted by atomic mass is 10.0. The van der Waals surface area contributed by atoms with Crippen molar-refractivity contribution in [3.05, 3.63) is 64.7 Å². The van der Waals surface area contributed by atoms with Crippen molar-refractivity contribution < 1.29 is 4.79 Å². The van der Waals surface area contributed by atoms with Crippen LogP contribution in [0.15, 0.2) is 42.5 Å². The van der Waals surface area contributed by atoms with Crippen LogP contribution in [0, 0.1) is 13.8 Å². The van der Waals surface area contributed by atoms with Crippen LogP contribution in [0.1, 0.15) is 27.0 Å². The first-order chi connectivity index (χ1) is 9.47. The van der Waals surface area contributed by atoms with Crippen LogP contribution in [0.5, 0.6) is 0 Å². The second-order valence-electron chi connectivity index (χ2n) is 4.72. The topological polar surface area (TPSA) is 55.1 Å². The number of carbonyl (C=O) groups excluding carboxylic acids is 1. The first kappa shape index (κ1) is 14.2. The molecule has 3 nitrogen and oxygen atoms in total. The molecule has 2 rings (SSSR count). The van der Waals surface area contributed by atoms with Gasteiger partial charge in [0, 0.05) is 16.8 Å². The van der Waals surface area contributed by atoms with E-state index in [1.807, 2.05) is 50.2 Å². The highest BCUT2D eigenvalue weighted by atomic mass is 32.1. The Bertz CT molecular complexity index is 680. The standard InChI is InChI=1S/C16H16N2OS/c1-10-6-7-11(2)14(8-10)16(19)18-13-5-3-4-12(9-13)15(17)20/h3-9H,1-2H3,(H2,17,20)(H,18,19). The third kappa shape index (κ3) is 3.22. The van der Waals surface area contributed by atoms with Crippen LogP contribution in [0.25, 0.3) is 0 Å². The number of anilines is 1. The summed E-state index contributed by atoms with van der Waals surface area (Å²) in [6, 6.07) is 13.0. The summed E-state index contributed by atoms with van der Waals surface area (Å²) in [5, 5.41) is 2.87. The van der Waals surface area contributed by atoms with Gasteiger partial charge in [0.15, 0.2) is 0 Å². The van der Waals surface area contributed by atoms with Crippen molar-refractivity contribution in [3.8, 4) is 0 Å². The molecular weight excluding hydrogens is 268 g/mol. The smallest absolute Gasteiger partial charge is 0.255 e. The maximum Gasteiger partial charge on any atom is 0.255 e. The van der Waals surface area contributed by atoms with Crippen LogP contribution in [-0.4, -0.2) is 10.9 Å². The van der Waals surface area contributed by atoms with E-state index in [9.17, 15) is 4.79 Å². The number of thiocarbonyl (C=S) groups is 1. The molecular formula is C16H16N2OS. The Kier molecular flexibility index (Phi) is 4.15. The number of nitrogens with one attached hydrogen (secondary N) is 1. The molecule has 2 aromatic carbocycles. The molecule has 3 N–H and O–H groups in total. The van der Waals surface area contributed by atoms with E-state index in [4.69, 9.17) is 18.0 Å². The molecule has 0 spiro atoms. The van der Waals surface area contributed by atoms with Gasteiger partial charge in [-0.3, -0.25) is 4.79 Å². The molecule has 0 aromatic heterocycles. The highest BCUT2D eigenvalue weighted by Gasteiger charge is 2.10. The van der Waals surface area contributed by atoms with Crippen molar-refractivity contribution >= 4 is 28.8 Å². The first-order valence-corrected chi connectivity index (χ1v) is 6.66. The largest absolute Gasteiger partial charge is 0.389 e. The van der Waals surface area contributed by atoms with E-state index in [0.29, 0.717) is 16.2 Å². The predicted octanol–water partition coefficient (Wildman–Crippen LogP) is 3.19. The Morgan fingerprint density at radius 1 is 1.15 bits per heavy atom. The summed E-state index contributed by atoms with van der Waals surface area (Å²) < 4.78 is 0. The molecule has 102 valence electrons. The molecule has 2 aromatic rings. The summed E-state index contributed by atoms with van der Waals surface area (Å²) in [6.45, 7) is 3.88. The van der Waals surface area contributed by atoms with Crippen LogP contribution in [-0.2, 0) is 0 Å². The molecule has 0 atom stereocenters. The fourth-order valence-electron chi connectivity index (χ4n) is 1.93. The van der Waals surface area contributed by atoms with E-state index >= 15 is 0 Å². The SMILES string of the molecule is Cc1ccc(C)c(C(=O)Nc2cccc(C(N)=S)c2)c1. The van der Waals surface area contributed by atoms with Crippen LogP contribution >= 0.6 is 12.2 Å². The maximum absolute atomic E-state index is 12.3. The number of benzene rings is 2. The van der Waals surface area contributed by atoms with Gasteiger partial charge in [-0.1, -0.05) is 42.0 Å². The minimum Gasteiger partial charge on any atom is -0.389 e. The number of carbonyl (C=O) groups is 1. The predicted molar refractivity (Wildman–Crippen MR) is 86.2 cm³/mol. The van der Waals surface area contributed by atoms with Gasteiger partial charge >= 0.3 is 0 Å². The van der Waals surface area contributed by atoms with E-state index in [1.165, 1.54) is 0 Å². The zero-order valence-electron chi connectivity index (χ0n) is 11.4. The molecule has 0 saturated heterocycles. The zero-order valence-corrected chi connectivity index (χ0v) is 12.3. The monoisotopic (exact) mass is 284 g/mol. The van der Waals surface area contributed by atoms with Crippen LogP contribution in [0.4, 0.5) is 5.69 Å². The van der Waals surface area contributed by atoms with Gasteiger partial charge in [-0.15, -0.1) is 0 Å². The molecule has 0 fully saturated rings. The molecule has 0 aliphatic heterocycles.